The van der Waals surface area contributed by atoms with Crippen LogP contribution in [0.1, 0.15) is 27.3 Å². The van der Waals surface area contributed by atoms with E-state index < -0.39 is 0 Å². The first-order valence-electron chi connectivity index (χ1n) is 9.02. The van der Waals surface area contributed by atoms with Crippen LogP contribution in [-0.2, 0) is 0 Å². The lowest BCUT2D eigenvalue weighted by Crippen LogP contribution is -2.28. The van der Waals surface area contributed by atoms with E-state index in [-0.39, 0.29) is 5.91 Å². The van der Waals surface area contributed by atoms with Gasteiger partial charge in [-0.05, 0) is 62.7 Å². The highest BCUT2D eigenvalue weighted by Crippen LogP contribution is 2.15. The van der Waals surface area contributed by atoms with Crippen molar-refractivity contribution in [2.45, 2.75) is 20.8 Å². The fourth-order valence-corrected chi connectivity index (χ4v) is 2.69. The molecule has 2 aromatic heterocycles. The minimum atomic E-state index is -0.134. The number of aromatic nitrogens is 4. The molecule has 0 saturated heterocycles. The normalized spacial score (nSPS) is 10.6. The number of rotatable bonds is 7. The van der Waals surface area contributed by atoms with Crippen LogP contribution in [0.2, 0.25) is 0 Å². The number of nitrogens with zero attached hydrogens (tertiary/aromatic N) is 4. The number of carbonyl (C=O) groups excluding carboxylic acids is 1. The Kier molecular flexibility index (Phi) is 5.88. The van der Waals surface area contributed by atoms with Gasteiger partial charge in [0.05, 0.1) is 12.8 Å². The Morgan fingerprint density at radius 3 is 2.36 bits per heavy atom. The van der Waals surface area contributed by atoms with Gasteiger partial charge in [-0.1, -0.05) is 0 Å². The maximum absolute atomic E-state index is 12.1. The van der Waals surface area contributed by atoms with Crippen LogP contribution in [-0.4, -0.2) is 46.1 Å². The van der Waals surface area contributed by atoms with E-state index >= 15 is 0 Å². The average Bonchev–Trinajstić information content (AvgIpc) is 2.99. The molecule has 8 heteroatoms. The largest absolute Gasteiger partial charge is 0.497 e. The number of nitrogens with one attached hydrogen (secondary N) is 2. The number of methoxy groups -OCH3 is 1. The topological polar surface area (TPSA) is 94.0 Å². The molecule has 0 aliphatic carbocycles. The van der Waals surface area contributed by atoms with Crippen molar-refractivity contribution in [1.29, 1.82) is 0 Å². The van der Waals surface area contributed by atoms with Gasteiger partial charge in [-0.15, -0.1) is 10.2 Å². The SMILES string of the molecule is COc1ccc(C(=O)NCCNc2ccc(-n3nc(C)c(C)c3C)nn2)cc1. The summed E-state index contributed by atoms with van der Waals surface area (Å²) < 4.78 is 6.87. The molecule has 28 heavy (non-hydrogen) atoms. The van der Waals surface area contributed by atoms with E-state index in [1.54, 1.807) is 36.1 Å². The second-order valence-corrected chi connectivity index (χ2v) is 6.40. The van der Waals surface area contributed by atoms with E-state index in [1.807, 2.05) is 32.9 Å². The van der Waals surface area contributed by atoms with E-state index in [1.165, 1.54) is 0 Å². The Hall–Kier alpha value is -3.42. The number of hydrogen-bond donors (Lipinski definition) is 2. The summed E-state index contributed by atoms with van der Waals surface area (Å²) >= 11 is 0. The zero-order chi connectivity index (χ0) is 20.1. The maximum atomic E-state index is 12.1. The van der Waals surface area contributed by atoms with E-state index in [0.717, 1.165) is 22.7 Å². The van der Waals surface area contributed by atoms with Crippen LogP contribution in [0.15, 0.2) is 36.4 Å². The molecule has 0 bridgehead atoms. The maximum Gasteiger partial charge on any atom is 0.251 e. The molecule has 0 aliphatic rings. The van der Waals surface area contributed by atoms with Crippen LogP contribution in [0.5, 0.6) is 5.75 Å². The number of benzene rings is 1. The van der Waals surface area contributed by atoms with Crippen LogP contribution in [0.3, 0.4) is 0 Å². The van der Waals surface area contributed by atoms with Crippen LogP contribution in [0.4, 0.5) is 5.82 Å². The van der Waals surface area contributed by atoms with Crippen molar-refractivity contribution in [2.24, 2.45) is 0 Å². The van der Waals surface area contributed by atoms with Gasteiger partial charge in [-0.3, -0.25) is 4.79 Å². The fraction of sp³-hybridized carbons (Fsp3) is 0.300. The zero-order valence-corrected chi connectivity index (χ0v) is 16.5. The van der Waals surface area contributed by atoms with Crippen molar-refractivity contribution < 1.29 is 9.53 Å². The first-order valence-corrected chi connectivity index (χ1v) is 9.02. The first kappa shape index (κ1) is 19.3. The van der Waals surface area contributed by atoms with Gasteiger partial charge in [0.15, 0.2) is 5.82 Å². The highest BCUT2D eigenvalue weighted by atomic mass is 16.5. The molecular weight excluding hydrogens is 356 g/mol. The third-order valence-corrected chi connectivity index (χ3v) is 4.59. The van der Waals surface area contributed by atoms with Gasteiger partial charge in [0, 0.05) is 24.3 Å². The summed E-state index contributed by atoms with van der Waals surface area (Å²) in [6.07, 6.45) is 0. The van der Waals surface area contributed by atoms with E-state index in [0.29, 0.717) is 30.3 Å². The van der Waals surface area contributed by atoms with Gasteiger partial charge in [0.25, 0.3) is 5.91 Å². The lowest BCUT2D eigenvalue weighted by Gasteiger charge is -2.08. The first-order chi connectivity index (χ1) is 13.5. The molecule has 1 amide bonds. The minimum absolute atomic E-state index is 0.134. The summed E-state index contributed by atoms with van der Waals surface area (Å²) in [5, 5.41) is 18.9. The summed E-state index contributed by atoms with van der Waals surface area (Å²) in [6, 6.07) is 10.7. The fourth-order valence-electron chi connectivity index (χ4n) is 2.69. The molecule has 3 aromatic rings. The number of anilines is 1. The Morgan fingerprint density at radius 1 is 1.04 bits per heavy atom. The molecule has 146 valence electrons. The van der Waals surface area contributed by atoms with Crippen molar-refractivity contribution >= 4 is 11.7 Å². The molecule has 0 saturated carbocycles. The number of aryl methyl sites for hydroxylation is 1. The monoisotopic (exact) mass is 380 g/mol. The molecule has 0 aliphatic heterocycles. The minimum Gasteiger partial charge on any atom is -0.497 e. The van der Waals surface area contributed by atoms with Crippen LogP contribution < -0.4 is 15.4 Å². The van der Waals surface area contributed by atoms with Crippen molar-refractivity contribution in [2.75, 3.05) is 25.5 Å². The molecule has 3 rings (SSSR count). The highest BCUT2D eigenvalue weighted by molar-refractivity contribution is 5.94. The van der Waals surface area contributed by atoms with Gasteiger partial charge < -0.3 is 15.4 Å². The molecule has 0 spiro atoms. The molecule has 0 fully saturated rings. The van der Waals surface area contributed by atoms with Gasteiger partial charge in [-0.2, -0.15) is 5.10 Å². The number of hydrogen-bond acceptors (Lipinski definition) is 6. The second kappa shape index (κ2) is 8.51. The summed E-state index contributed by atoms with van der Waals surface area (Å²) in [6.45, 7) is 7.02. The van der Waals surface area contributed by atoms with E-state index in [2.05, 4.69) is 25.9 Å². The molecule has 0 unspecified atom stereocenters. The van der Waals surface area contributed by atoms with Crippen molar-refractivity contribution in [3.8, 4) is 11.6 Å². The third kappa shape index (κ3) is 4.28. The third-order valence-electron chi connectivity index (χ3n) is 4.59. The summed E-state index contributed by atoms with van der Waals surface area (Å²) in [5.41, 5.74) is 3.77. The summed E-state index contributed by atoms with van der Waals surface area (Å²) in [7, 11) is 1.59. The van der Waals surface area contributed by atoms with Gasteiger partial charge >= 0.3 is 0 Å². The molecule has 0 radical (unpaired) electrons. The molecule has 8 nitrogen and oxygen atoms in total. The van der Waals surface area contributed by atoms with E-state index in [4.69, 9.17) is 4.74 Å². The van der Waals surface area contributed by atoms with Gasteiger partial charge in [-0.25, -0.2) is 4.68 Å². The quantitative estimate of drug-likeness (QED) is 0.612. The summed E-state index contributed by atoms with van der Waals surface area (Å²) in [5.74, 6) is 1.90. The Bertz CT molecular complexity index is 948. The molecule has 2 heterocycles. The number of ether oxygens (including phenoxy) is 1. The Labute approximate surface area is 163 Å². The number of amides is 1. The Morgan fingerprint density at radius 2 is 1.79 bits per heavy atom. The molecule has 0 atom stereocenters. The summed E-state index contributed by atoms with van der Waals surface area (Å²) in [4.78, 5) is 12.1. The predicted molar refractivity (Wildman–Crippen MR) is 107 cm³/mol. The van der Waals surface area contributed by atoms with Crippen LogP contribution >= 0.6 is 0 Å². The zero-order valence-electron chi connectivity index (χ0n) is 16.5. The predicted octanol–water partition coefficient (Wildman–Crippen LogP) is 2.44. The highest BCUT2D eigenvalue weighted by Gasteiger charge is 2.10. The second-order valence-electron chi connectivity index (χ2n) is 6.40. The molecule has 1 aromatic carbocycles. The lowest BCUT2D eigenvalue weighted by molar-refractivity contribution is 0.0955. The Balaban J connectivity index is 1.49. The molecule has 2 N–H and O–H groups in total. The van der Waals surface area contributed by atoms with Crippen molar-refractivity contribution in [3.05, 3.63) is 58.9 Å². The van der Waals surface area contributed by atoms with Crippen molar-refractivity contribution in [1.82, 2.24) is 25.3 Å². The van der Waals surface area contributed by atoms with Crippen LogP contribution in [0.25, 0.3) is 5.82 Å². The van der Waals surface area contributed by atoms with Crippen LogP contribution in [0, 0.1) is 20.8 Å². The number of carbonyl (C=O) groups is 1. The molecular formula is C20H24N6O2. The smallest absolute Gasteiger partial charge is 0.251 e. The van der Waals surface area contributed by atoms with E-state index in [9.17, 15) is 4.79 Å². The van der Waals surface area contributed by atoms with Gasteiger partial charge in [0.1, 0.15) is 11.6 Å². The van der Waals surface area contributed by atoms with Crippen molar-refractivity contribution in [3.63, 3.8) is 0 Å². The van der Waals surface area contributed by atoms with Gasteiger partial charge in [0.2, 0.25) is 0 Å². The standard InChI is InChI=1S/C20H24N6O2/c1-13-14(2)25-26(15(13)3)19-10-9-18(23-24-19)21-11-12-22-20(27)16-5-7-17(28-4)8-6-16/h5-10H,11-12H2,1-4H3,(H,21,23)(H,22,27). The lowest BCUT2D eigenvalue weighted by atomic mass is 10.2. The average molecular weight is 380 g/mol.